The van der Waals surface area contributed by atoms with Gasteiger partial charge in [0.1, 0.15) is 11.9 Å². The molecular weight excluding hydrogens is 280 g/mol. The Morgan fingerprint density at radius 1 is 1.65 bits per heavy atom. The van der Waals surface area contributed by atoms with Crippen LogP contribution in [-0.2, 0) is 4.79 Å². The van der Waals surface area contributed by atoms with Crippen LogP contribution in [0.25, 0.3) is 0 Å². The van der Waals surface area contributed by atoms with Gasteiger partial charge in [-0.2, -0.15) is 0 Å². The number of rotatable bonds is 5. The van der Waals surface area contributed by atoms with E-state index in [9.17, 15) is 4.79 Å². The van der Waals surface area contributed by atoms with Crippen molar-refractivity contribution in [2.45, 2.75) is 25.0 Å². The Hall–Kier alpha value is -1.30. The van der Waals surface area contributed by atoms with E-state index in [0.717, 1.165) is 19.5 Å². The summed E-state index contributed by atoms with van der Waals surface area (Å²) in [5, 5.41) is 9.21. The van der Waals surface area contributed by atoms with E-state index in [2.05, 4.69) is 11.9 Å². The third-order valence-corrected chi connectivity index (χ3v) is 3.72. The number of likely N-dealkylation sites (N-methyl/N-ethyl adjacent to an activating group) is 1. The molecule has 2 atom stereocenters. The maximum atomic E-state index is 10.7. The highest BCUT2D eigenvalue weighted by Gasteiger charge is 2.22. The van der Waals surface area contributed by atoms with Crippen molar-refractivity contribution in [3.05, 3.63) is 28.8 Å². The summed E-state index contributed by atoms with van der Waals surface area (Å²) in [6, 6.07) is 4.66. The second-order valence-corrected chi connectivity index (χ2v) is 5.59. The number of nitrogens with two attached hydrogens (primary N) is 1. The molecule has 1 saturated heterocycles. The van der Waals surface area contributed by atoms with Crippen molar-refractivity contribution in [2.75, 3.05) is 20.1 Å². The topological polar surface area (TPSA) is 75.8 Å². The van der Waals surface area contributed by atoms with Gasteiger partial charge in [-0.25, -0.2) is 0 Å². The lowest BCUT2D eigenvalue weighted by Gasteiger charge is -2.16. The molecule has 2 unspecified atom stereocenters. The Bertz CT molecular complexity index is 495. The van der Waals surface area contributed by atoms with E-state index in [1.54, 1.807) is 18.2 Å². The van der Waals surface area contributed by atoms with Gasteiger partial charge in [-0.05, 0) is 31.2 Å². The van der Waals surface area contributed by atoms with Crippen LogP contribution < -0.4 is 10.5 Å². The van der Waals surface area contributed by atoms with Crippen LogP contribution >= 0.6 is 11.6 Å². The van der Waals surface area contributed by atoms with E-state index in [4.69, 9.17) is 27.2 Å². The number of carbonyl (C=O) groups is 1. The molecule has 0 aromatic heterocycles. The van der Waals surface area contributed by atoms with Crippen LogP contribution in [0.15, 0.2) is 18.2 Å². The van der Waals surface area contributed by atoms with Gasteiger partial charge in [0.25, 0.3) is 0 Å². The maximum Gasteiger partial charge on any atom is 0.305 e. The Labute approximate surface area is 123 Å². The Balaban J connectivity index is 2.04. The molecule has 5 nitrogen and oxygen atoms in total. The van der Waals surface area contributed by atoms with Crippen LogP contribution in [-0.4, -0.2) is 42.2 Å². The third kappa shape index (κ3) is 3.85. The third-order valence-electron chi connectivity index (χ3n) is 3.42. The molecule has 0 bridgehead atoms. The number of halogens is 1. The Morgan fingerprint density at radius 2 is 2.40 bits per heavy atom. The minimum Gasteiger partial charge on any atom is -0.487 e. The molecule has 0 aliphatic carbocycles. The number of ether oxygens (including phenoxy) is 1. The van der Waals surface area contributed by atoms with Crippen LogP contribution in [0.3, 0.4) is 0 Å². The minimum atomic E-state index is -0.928. The van der Waals surface area contributed by atoms with Crippen molar-refractivity contribution in [3.63, 3.8) is 0 Å². The maximum absolute atomic E-state index is 10.7. The normalized spacial score (nSPS) is 20.9. The van der Waals surface area contributed by atoms with Gasteiger partial charge in [0.2, 0.25) is 0 Å². The summed E-state index contributed by atoms with van der Waals surface area (Å²) in [5.74, 6) is -0.304. The molecule has 0 amide bonds. The van der Waals surface area contributed by atoms with Gasteiger partial charge >= 0.3 is 5.97 Å². The van der Waals surface area contributed by atoms with Gasteiger partial charge in [0.15, 0.2) is 0 Å². The fourth-order valence-corrected chi connectivity index (χ4v) is 2.55. The van der Waals surface area contributed by atoms with Crippen molar-refractivity contribution in [1.82, 2.24) is 4.90 Å². The average molecular weight is 299 g/mol. The molecule has 1 aliphatic rings. The standard InChI is InChI=1S/C14H19ClN2O3/c1-17-5-4-10(8-17)20-13-3-2-9(6-11(13)15)12(16)7-14(18)19/h2-3,6,10,12H,4-5,7-8,16H2,1H3,(H,18,19). The van der Waals surface area contributed by atoms with Gasteiger partial charge < -0.3 is 20.5 Å². The molecule has 1 fully saturated rings. The number of likely N-dealkylation sites (tertiary alicyclic amines) is 1. The predicted octanol–water partition coefficient (Wildman–Crippen LogP) is 1.90. The SMILES string of the molecule is CN1CCC(Oc2ccc(C(N)CC(=O)O)cc2Cl)C1. The highest BCUT2D eigenvalue weighted by molar-refractivity contribution is 6.32. The van der Waals surface area contributed by atoms with Gasteiger partial charge in [-0.1, -0.05) is 17.7 Å². The predicted molar refractivity (Wildman–Crippen MR) is 77.2 cm³/mol. The molecule has 6 heteroatoms. The Kier molecular flexibility index (Phi) is 4.86. The number of nitrogens with zero attached hydrogens (tertiary/aromatic N) is 1. The molecule has 1 aliphatic heterocycles. The first-order valence-electron chi connectivity index (χ1n) is 6.57. The number of carboxylic acid groups (broad SMARTS) is 1. The fourth-order valence-electron chi connectivity index (χ4n) is 2.32. The van der Waals surface area contributed by atoms with Gasteiger partial charge in [0, 0.05) is 19.1 Å². The summed E-state index contributed by atoms with van der Waals surface area (Å²) in [6.07, 6.45) is 1.01. The van der Waals surface area contributed by atoms with Gasteiger partial charge in [0.05, 0.1) is 11.4 Å². The zero-order chi connectivity index (χ0) is 14.7. The van der Waals surface area contributed by atoms with E-state index in [-0.39, 0.29) is 12.5 Å². The lowest BCUT2D eigenvalue weighted by atomic mass is 10.0. The van der Waals surface area contributed by atoms with E-state index >= 15 is 0 Å². The molecule has 20 heavy (non-hydrogen) atoms. The first-order chi connectivity index (χ1) is 9.45. The molecule has 0 saturated carbocycles. The van der Waals surface area contributed by atoms with E-state index < -0.39 is 12.0 Å². The molecule has 3 N–H and O–H groups in total. The summed E-state index contributed by atoms with van der Waals surface area (Å²) in [6.45, 7) is 1.90. The highest BCUT2D eigenvalue weighted by atomic mass is 35.5. The van der Waals surface area contributed by atoms with Crippen molar-refractivity contribution in [3.8, 4) is 5.75 Å². The summed E-state index contributed by atoms with van der Waals surface area (Å²) in [5.41, 5.74) is 6.51. The summed E-state index contributed by atoms with van der Waals surface area (Å²) >= 11 is 6.18. The van der Waals surface area contributed by atoms with Crippen LogP contribution in [0.5, 0.6) is 5.75 Å². The molecule has 0 spiro atoms. The smallest absolute Gasteiger partial charge is 0.305 e. The highest BCUT2D eigenvalue weighted by Crippen LogP contribution is 2.30. The summed E-state index contributed by atoms with van der Waals surface area (Å²) < 4.78 is 5.86. The zero-order valence-corrected chi connectivity index (χ0v) is 12.1. The monoisotopic (exact) mass is 298 g/mol. The van der Waals surface area contributed by atoms with E-state index in [0.29, 0.717) is 16.3 Å². The average Bonchev–Trinajstić information content (AvgIpc) is 2.76. The molecule has 0 radical (unpaired) electrons. The second-order valence-electron chi connectivity index (χ2n) is 5.18. The second kappa shape index (κ2) is 6.43. The van der Waals surface area contributed by atoms with Crippen LogP contribution in [0.2, 0.25) is 5.02 Å². The number of carboxylic acids is 1. The van der Waals surface area contributed by atoms with Crippen molar-refractivity contribution >= 4 is 17.6 Å². The minimum absolute atomic E-state index is 0.121. The van der Waals surface area contributed by atoms with E-state index in [1.165, 1.54) is 0 Å². The summed E-state index contributed by atoms with van der Waals surface area (Å²) in [7, 11) is 2.05. The van der Waals surface area contributed by atoms with Gasteiger partial charge in [-0.15, -0.1) is 0 Å². The van der Waals surface area contributed by atoms with E-state index in [1.807, 2.05) is 0 Å². The number of hydrogen-bond donors (Lipinski definition) is 2. The molecule has 1 heterocycles. The van der Waals surface area contributed by atoms with Crippen LogP contribution in [0.4, 0.5) is 0 Å². The quantitative estimate of drug-likeness (QED) is 0.868. The van der Waals surface area contributed by atoms with Crippen LogP contribution in [0.1, 0.15) is 24.4 Å². The zero-order valence-electron chi connectivity index (χ0n) is 11.4. The largest absolute Gasteiger partial charge is 0.487 e. The van der Waals surface area contributed by atoms with Crippen LogP contribution in [0, 0.1) is 0 Å². The molecular formula is C14H19ClN2O3. The fraction of sp³-hybridized carbons (Fsp3) is 0.500. The number of benzene rings is 1. The Morgan fingerprint density at radius 3 is 2.95 bits per heavy atom. The van der Waals surface area contributed by atoms with Crippen molar-refractivity contribution < 1.29 is 14.6 Å². The summed E-state index contributed by atoms with van der Waals surface area (Å²) in [4.78, 5) is 12.9. The number of hydrogen-bond acceptors (Lipinski definition) is 4. The first-order valence-corrected chi connectivity index (χ1v) is 6.95. The molecule has 1 aromatic carbocycles. The molecule has 2 rings (SSSR count). The number of aliphatic carboxylic acids is 1. The molecule has 110 valence electrons. The lowest BCUT2D eigenvalue weighted by molar-refractivity contribution is -0.137. The molecule has 1 aromatic rings. The van der Waals surface area contributed by atoms with Crippen molar-refractivity contribution in [1.29, 1.82) is 0 Å². The lowest BCUT2D eigenvalue weighted by Crippen LogP contribution is -2.21. The van der Waals surface area contributed by atoms with Gasteiger partial charge in [-0.3, -0.25) is 4.79 Å². The first kappa shape index (κ1) is 15.1. The van der Waals surface area contributed by atoms with Crippen molar-refractivity contribution in [2.24, 2.45) is 5.73 Å².